The first-order valence-electron chi connectivity index (χ1n) is 14.6. The predicted octanol–water partition coefficient (Wildman–Crippen LogP) is 8.91. The number of nitrogens with zero attached hydrogens (tertiary/aromatic N) is 2. The van der Waals surface area contributed by atoms with Crippen molar-refractivity contribution in [1.29, 1.82) is 0 Å². The number of nitrogens with one attached hydrogen (secondary N) is 1. The van der Waals surface area contributed by atoms with Gasteiger partial charge in [0.1, 0.15) is 5.75 Å². The Morgan fingerprint density at radius 1 is 0.744 bits per heavy atom. The number of hydrogen-bond acceptors (Lipinski definition) is 3. The van der Waals surface area contributed by atoms with Crippen LogP contribution in [0.15, 0.2) is 139 Å². The molecule has 0 aliphatic heterocycles. The second-order valence-electron chi connectivity index (χ2n) is 10.3. The highest BCUT2D eigenvalue weighted by atomic mass is 16.5. The van der Waals surface area contributed by atoms with Gasteiger partial charge in [-0.05, 0) is 70.8 Å². The summed E-state index contributed by atoms with van der Waals surface area (Å²) < 4.78 is 8.28. The number of fused-ring (bicyclic) bond motifs is 1. The molecule has 0 saturated heterocycles. The molecule has 6 aromatic rings. The van der Waals surface area contributed by atoms with E-state index in [0.29, 0.717) is 12.2 Å². The van der Waals surface area contributed by atoms with Crippen LogP contribution in [0.25, 0.3) is 39.0 Å². The average Bonchev–Trinajstić information content (AvgIpc) is 3.52. The molecule has 1 heterocycles. The Balaban J connectivity index is 1.26. The van der Waals surface area contributed by atoms with Gasteiger partial charge in [-0.15, -0.1) is 0 Å². The Hall–Kier alpha value is -5.42. The van der Waals surface area contributed by atoms with E-state index in [2.05, 4.69) is 64.5 Å². The van der Waals surface area contributed by atoms with Crippen molar-refractivity contribution in [1.82, 2.24) is 9.99 Å². The minimum Gasteiger partial charge on any atom is -0.493 e. The zero-order valence-electron chi connectivity index (χ0n) is 24.1. The molecule has 43 heavy (non-hydrogen) atoms. The third-order valence-corrected chi connectivity index (χ3v) is 7.45. The molecule has 0 bridgehead atoms. The summed E-state index contributed by atoms with van der Waals surface area (Å²) in [5.74, 6) is 0.472. The number of amides is 1. The van der Waals surface area contributed by atoms with E-state index in [0.717, 1.165) is 63.1 Å². The number of aromatic nitrogens is 1. The summed E-state index contributed by atoms with van der Waals surface area (Å²) in [7, 11) is 0. The highest BCUT2D eigenvalue weighted by molar-refractivity contribution is 6.03. The summed E-state index contributed by atoms with van der Waals surface area (Å²) in [5.41, 5.74) is 9.43. The Bertz CT molecular complexity index is 1800. The van der Waals surface area contributed by atoms with Gasteiger partial charge in [0.15, 0.2) is 0 Å². The monoisotopic (exact) mass is 563 g/mol. The number of hydrazone groups is 1. The van der Waals surface area contributed by atoms with Crippen LogP contribution in [-0.4, -0.2) is 23.3 Å². The third-order valence-electron chi connectivity index (χ3n) is 7.45. The zero-order chi connectivity index (χ0) is 29.4. The topological polar surface area (TPSA) is 55.6 Å². The van der Waals surface area contributed by atoms with Crippen LogP contribution < -0.4 is 10.2 Å². The first-order valence-corrected chi connectivity index (χ1v) is 14.6. The van der Waals surface area contributed by atoms with Gasteiger partial charge in [-0.2, -0.15) is 5.10 Å². The quantitative estimate of drug-likeness (QED) is 0.103. The van der Waals surface area contributed by atoms with E-state index >= 15 is 0 Å². The SMILES string of the molecule is CCCCOc1ccc2ccccc2c1/C=N\NC(=O)c1ccc(-n2c(-c3ccccc3)ccc2-c2ccccc2)cc1. The Morgan fingerprint density at radius 2 is 1.37 bits per heavy atom. The standard InChI is InChI=1S/C38H33N3O2/c1-2-3-26-43-37-25-20-28-12-10-11-17-33(28)34(37)27-39-40-38(42)31-18-21-32(22-19-31)41-35(29-13-6-4-7-14-29)23-24-36(41)30-15-8-5-9-16-30/h4-25,27H,2-3,26H2,1H3,(H,40,42)/b39-27-. The highest BCUT2D eigenvalue weighted by Gasteiger charge is 2.14. The summed E-state index contributed by atoms with van der Waals surface area (Å²) >= 11 is 0. The van der Waals surface area contributed by atoms with Crippen molar-refractivity contribution < 1.29 is 9.53 Å². The van der Waals surface area contributed by atoms with Crippen molar-refractivity contribution in [3.8, 4) is 34.0 Å². The average molecular weight is 564 g/mol. The third kappa shape index (κ3) is 6.11. The maximum atomic E-state index is 13.1. The summed E-state index contributed by atoms with van der Waals surface area (Å²) in [4.78, 5) is 13.1. The molecule has 212 valence electrons. The van der Waals surface area contributed by atoms with Crippen molar-refractivity contribution in [3.05, 3.63) is 145 Å². The van der Waals surface area contributed by atoms with E-state index in [1.807, 2.05) is 91.0 Å². The van der Waals surface area contributed by atoms with Gasteiger partial charge >= 0.3 is 0 Å². The van der Waals surface area contributed by atoms with Crippen LogP contribution in [0.4, 0.5) is 0 Å². The minimum absolute atomic E-state index is 0.282. The van der Waals surface area contributed by atoms with E-state index in [1.165, 1.54) is 0 Å². The highest BCUT2D eigenvalue weighted by Crippen LogP contribution is 2.32. The van der Waals surface area contributed by atoms with E-state index < -0.39 is 0 Å². The fraction of sp³-hybridized carbons (Fsp3) is 0.105. The maximum Gasteiger partial charge on any atom is 0.271 e. The number of carbonyl (C=O) groups excluding carboxylic acids is 1. The molecule has 1 amide bonds. The molecule has 0 spiro atoms. The zero-order valence-corrected chi connectivity index (χ0v) is 24.1. The molecule has 5 heteroatoms. The van der Waals surface area contributed by atoms with E-state index in [-0.39, 0.29) is 5.91 Å². The molecule has 0 atom stereocenters. The number of unbranched alkanes of at least 4 members (excludes halogenated alkanes) is 1. The van der Waals surface area contributed by atoms with Gasteiger partial charge in [0.05, 0.1) is 24.2 Å². The van der Waals surface area contributed by atoms with Crippen LogP contribution in [0.5, 0.6) is 5.75 Å². The molecule has 0 aliphatic carbocycles. The lowest BCUT2D eigenvalue weighted by Crippen LogP contribution is -2.17. The van der Waals surface area contributed by atoms with E-state index in [9.17, 15) is 4.79 Å². The first-order chi connectivity index (χ1) is 21.2. The fourth-order valence-electron chi connectivity index (χ4n) is 5.23. The Morgan fingerprint density at radius 3 is 2.02 bits per heavy atom. The Kier molecular flexibility index (Phi) is 8.41. The fourth-order valence-corrected chi connectivity index (χ4v) is 5.23. The summed E-state index contributed by atoms with van der Waals surface area (Å²) in [6, 6.07) is 44.6. The van der Waals surface area contributed by atoms with E-state index in [1.54, 1.807) is 6.21 Å². The van der Waals surface area contributed by atoms with Gasteiger partial charge in [-0.25, -0.2) is 5.43 Å². The van der Waals surface area contributed by atoms with Crippen LogP contribution in [0, 0.1) is 0 Å². The molecule has 1 aromatic heterocycles. The van der Waals surface area contributed by atoms with E-state index in [4.69, 9.17) is 4.74 Å². The van der Waals surface area contributed by atoms with Gasteiger partial charge in [-0.1, -0.05) is 104 Å². The van der Waals surface area contributed by atoms with Crippen molar-refractivity contribution in [2.45, 2.75) is 19.8 Å². The summed E-state index contributed by atoms with van der Waals surface area (Å²) in [6.45, 7) is 2.77. The molecule has 0 radical (unpaired) electrons. The minimum atomic E-state index is -0.282. The molecule has 0 fully saturated rings. The molecule has 0 saturated carbocycles. The van der Waals surface area contributed by atoms with Gasteiger partial charge in [0.2, 0.25) is 0 Å². The summed E-state index contributed by atoms with van der Waals surface area (Å²) in [6.07, 6.45) is 3.70. The molecule has 5 aromatic carbocycles. The van der Waals surface area contributed by atoms with Gasteiger partial charge < -0.3 is 9.30 Å². The smallest absolute Gasteiger partial charge is 0.271 e. The van der Waals surface area contributed by atoms with Crippen LogP contribution in [-0.2, 0) is 0 Å². The predicted molar refractivity (Wildman–Crippen MR) is 176 cm³/mol. The normalized spacial score (nSPS) is 11.2. The van der Waals surface area contributed by atoms with Crippen molar-refractivity contribution in [3.63, 3.8) is 0 Å². The molecule has 1 N–H and O–H groups in total. The number of ether oxygens (including phenoxy) is 1. The lowest BCUT2D eigenvalue weighted by atomic mass is 10.0. The maximum absolute atomic E-state index is 13.1. The van der Waals surface area contributed by atoms with Gasteiger partial charge in [0.25, 0.3) is 5.91 Å². The number of hydrogen-bond donors (Lipinski definition) is 1. The molecule has 6 rings (SSSR count). The molecule has 0 unspecified atom stereocenters. The van der Waals surface area contributed by atoms with Crippen LogP contribution in [0.2, 0.25) is 0 Å². The van der Waals surface area contributed by atoms with Crippen molar-refractivity contribution in [2.24, 2.45) is 5.10 Å². The second kappa shape index (κ2) is 13.0. The Labute approximate surface area is 252 Å². The van der Waals surface area contributed by atoms with Crippen molar-refractivity contribution >= 4 is 22.9 Å². The van der Waals surface area contributed by atoms with Gasteiger partial charge in [-0.3, -0.25) is 4.79 Å². The molecular weight excluding hydrogens is 530 g/mol. The largest absolute Gasteiger partial charge is 0.493 e. The van der Waals surface area contributed by atoms with Gasteiger partial charge in [0, 0.05) is 16.8 Å². The summed E-state index contributed by atoms with van der Waals surface area (Å²) in [5, 5.41) is 6.44. The van der Waals surface area contributed by atoms with Crippen molar-refractivity contribution in [2.75, 3.05) is 6.61 Å². The molecular formula is C38H33N3O2. The molecule has 0 aliphatic rings. The van der Waals surface area contributed by atoms with Crippen LogP contribution in [0.1, 0.15) is 35.7 Å². The second-order valence-corrected chi connectivity index (χ2v) is 10.3. The first kappa shape index (κ1) is 27.7. The molecule has 5 nitrogen and oxygen atoms in total. The number of carbonyl (C=O) groups is 1. The lowest BCUT2D eigenvalue weighted by molar-refractivity contribution is 0.0955. The van der Waals surface area contributed by atoms with Crippen LogP contribution in [0.3, 0.4) is 0 Å². The number of rotatable bonds is 10. The number of benzene rings is 5. The lowest BCUT2D eigenvalue weighted by Gasteiger charge is -2.15. The van der Waals surface area contributed by atoms with Crippen LogP contribution >= 0.6 is 0 Å².